The predicted molar refractivity (Wildman–Crippen MR) is 71.6 cm³/mol. The summed E-state index contributed by atoms with van der Waals surface area (Å²) in [5.41, 5.74) is -0.613. The third kappa shape index (κ3) is 1.95. The molecule has 0 aromatic rings. The van der Waals surface area contributed by atoms with E-state index < -0.39 is 5.54 Å². The zero-order chi connectivity index (χ0) is 13.5. The van der Waals surface area contributed by atoms with Crippen LogP contribution < -0.4 is 10.6 Å². The lowest BCUT2D eigenvalue weighted by Crippen LogP contribution is -2.66. The molecule has 1 spiro atoms. The molecule has 19 heavy (non-hydrogen) atoms. The molecule has 0 aromatic heterocycles. The summed E-state index contributed by atoms with van der Waals surface area (Å²) in [6.07, 6.45) is 5.58. The summed E-state index contributed by atoms with van der Waals surface area (Å²) in [5, 5.41) is 5.47. The van der Waals surface area contributed by atoms with Gasteiger partial charge in [-0.25, -0.2) is 4.79 Å². The Morgan fingerprint density at radius 3 is 2.32 bits per heavy atom. The highest BCUT2D eigenvalue weighted by Gasteiger charge is 2.59. The number of carbonyl (C=O) groups excluding carboxylic acids is 2. The van der Waals surface area contributed by atoms with Crippen LogP contribution in [-0.4, -0.2) is 42.0 Å². The Hall–Kier alpha value is -1.10. The first kappa shape index (κ1) is 12.9. The summed E-state index contributed by atoms with van der Waals surface area (Å²) in [6, 6.07) is -0.300. The Balaban J connectivity index is 1.92. The van der Waals surface area contributed by atoms with Crippen LogP contribution >= 0.6 is 0 Å². The lowest BCUT2D eigenvalue weighted by molar-refractivity contribution is -0.131. The van der Waals surface area contributed by atoms with Crippen LogP contribution in [0.3, 0.4) is 0 Å². The summed E-state index contributed by atoms with van der Waals surface area (Å²) >= 11 is 0. The topological polar surface area (TPSA) is 61.4 Å². The number of amides is 3. The molecule has 2 saturated heterocycles. The zero-order valence-corrected chi connectivity index (χ0v) is 11.6. The minimum atomic E-state index is -0.613. The van der Waals surface area contributed by atoms with Crippen molar-refractivity contribution in [3.63, 3.8) is 0 Å². The maximum Gasteiger partial charge on any atom is 0.322 e. The van der Waals surface area contributed by atoms with E-state index in [0.29, 0.717) is 0 Å². The average molecular weight is 265 g/mol. The smallest absolute Gasteiger partial charge is 0.322 e. The van der Waals surface area contributed by atoms with Gasteiger partial charge in [0.05, 0.1) is 0 Å². The van der Waals surface area contributed by atoms with E-state index >= 15 is 0 Å². The molecular formula is C14H23N3O2. The van der Waals surface area contributed by atoms with Crippen molar-refractivity contribution < 1.29 is 9.59 Å². The number of hydrogen-bond donors (Lipinski definition) is 2. The van der Waals surface area contributed by atoms with Gasteiger partial charge in [-0.2, -0.15) is 0 Å². The molecule has 2 bridgehead atoms. The summed E-state index contributed by atoms with van der Waals surface area (Å²) in [5.74, 6) is 0.462. The van der Waals surface area contributed by atoms with Crippen molar-refractivity contribution >= 4 is 11.9 Å². The van der Waals surface area contributed by atoms with Gasteiger partial charge in [0, 0.05) is 24.9 Å². The van der Waals surface area contributed by atoms with Crippen LogP contribution in [0.4, 0.5) is 4.79 Å². The van der Waals surface area contributed by atoms with E-state index in [9.17, 15) is 9.59 Å². The Kier molecular flexibility index (Phi) is 3.25. The van der Waals surface area contributed by atoms with Crippen LogP contribution in [0.15, 0.2) is 0 Å². The van der Waals surface area contributed by atoms with Gasteiger partial charge >= 0.3 is 6.03 Å². The van der Waals surface area contributed by atoms with Gasteiger partial charge in [-0.1, -0.05) is 19.8 Å². The van der Waals surface area contributed by atoms with Crippen LogP contribution in [0.2, 0.25) is 0 Å². The molecule has 5 heteroatoms. The average Bonchev–Trinajstić information content (AvgIpc) is 2.62. The van der Waals surface area contributed by atoms with Crippen LogP contribution in [-0.2, 0) is 4.79 Å². The van der Waals surface area contributed by atoms with Crippen molar-refractivity contribution in [2.24, 2.45) is 11.8 Å². The minimum absolute atomic E-state index is 0.0782. The van der Waals surface area contributed by atoms with Gasteiger partial charge in [0.1, 0.15) is 5.54 Å². The van der Waals surface area contributed by atoms with Gasteiger partial charge in [-0.05, 0) is 25.8 Å². The Labute approximate surface area is 114 Å². The molecule has 2 aliphatic heterocycles. The lowest BCUT2D eigenvalue weighted by atomic mass is 9.69. The summed E-state index contributed by atoms with van der Waals surface area (Å²) in [7, 11) is 0. The second-order valence-electron chi connectivity index (χ2n) is 6.22. The third-order valence-corrected chi connectivity index (χ3v) is 5.06. The maximum atomic E-state index is 12.4. The van der Waals surface area contributed by atoms with Crippen LogP contribution in [0.25, 0.3) is 0 Å². The first-order chi connectivity index (χ1) is 9.16. The van der Waals surface area contributed by atoms with E-state index in [1.165, 1.54) is 12.8 Å². The Morgan fingerprint density at radius 1 is 1.21 bits per heavy atom. The fourth-order valence-corrected chi connectivity index (χ4v) is 4.29. The number of urea groups is 1. The van der Waals surface area contributed by atoms with E-state index in [1.807, 2.05) is 0 Å². The Bertz CT molecular complexity index is 380. The van der Waals surface area contributed by atoms with Crippen molar-refractivity contribution in [3.05, 3.63) is 0 Å². The van der Waals surface area contributed by atoms with Crippen molar-refractivity contribution in [2.75, 3.05) is 19.6 Å². The molecule has 0 aromatic carbocycles. The van der Waals surface area contributed by atoms with Crippen molar-refractivity contribution in [3.8, 4) is 0 Å². The second kappa shape index (κ2) is 4.78. The van der Waals surface area contributed by atoms with E-state index in [4.69, 9.17) is 0 Å². The van der Waals surface area contributed by atoms with Crippen molar-refractivity contribution in [2.45, 2.75) is 44.6 Å². The summed E-state index contributed by atoms with van der Waals surface area (Å²) in [6.45, 7) is 5.17. The van der Waals surface area contributed by atoms with Gasteiger partial charge in [-0.3, -0.25) is 10.1 Å². The van der Waals surface area contributed by atoms with E-state index in [0.717, 1.165) is 38.9 Å². The number of likely N-dealkylation sites (tertiary alicyclic amines) is 1. The molecule has 0 radical (unpaired) electrons. The standard InChI is InChI=1S/C14H23N3O2/c1-2-7-17-8-10-5-3-4-6-11(9-17)14(10)12(18)15-13(19)16-14/h10-11H,2-9H2,1H3,(H2,15,16,18,19)/t10-,11-/m1/s1. The molecule has 3 rings (SSSR count). The largest absolute Gasteiger partial charge is 0.323 e. The minimum Gasteiger partial charge on any atom is -0.323 e. The van der Waals surface area contributed by atoms with Gasteiger partial charge in [0.25, 0.3) is 5.91 Å². The fourth-order valence-electron chi connectivity index (χ4n) is 4.29. The maximum absolute atomic E-state index is 12.4. The second-order valence-corrected chi connectivity index (χ2v) is 6.22. The quantitative estimate of drug-likeness (QED) is 0.735. The number of nitrogens with one attached hydrogen (secondary N) is 2. The molecule has 3 fully saturated rings. The highest BCUT2D eigenvalue weighted by Crippen LogP contribution is 2.43. The first-order valence-electron chi connectivity index (χ1n) is 7.52. The van der Waals surface area contributed by atoms with Crippen molar-refractivity contribution in [1.82, 2.24) is 15.5 Å². The molecule has 3 aliphatic rings. The molecule has 5 nitrogen and oxygen atoms in total. The lowest BCUT2D eigenvalue weighted by Gasteiger charge is -2.48. The van der Waals surface area contributed by atoms with Gasteiger partial charge < -0.3 is 10.2 Å². The van der Waals surface area contributed by atoms with Crippen LogP contribution in [0.5, 0.6) is 0 Å². The number of piperidine rings is 1. The molecule has 3 amide bonds. The highest BCUT2D eigenvalue weighted by molar-refractivity contribution is 6.07. The number of hydrogen-bond acceptors (Lipinski definition) is 3. The summed E-state index contributed by atoms with van der Waals surface area (Å²) < 4.78 is 0. The van der Waals surface area contributed by atoms with Crippen LogP contribution in [0.1, 0.15) is 39.0 Å². The molecule has 2 heterocycles. The first-order valence-corrected chi connectivity index (χ1v) is 7.52. The number of imide groups is 1. The molecule has 2 atom stereocenters. The van der Waals surface area contributed by atoms with Gasteiger partial charge in [0.2, 0.25) is 0 Å². The number of carbonyl (C=O) groups is 2. The molecule has 1 saturated carbocycles. The molecule has 2 N–H and O–H groups in total. The SMILES string of the molecule is CCCN1C[C@H]2CCCC[C@H](C1)C21NC(=O)NC1=O. The molecule has 0 unspecified atom stereocenters. The number of nitrogens with zero attached hydrogens (tertiary/aromatic N) is 1. The van der Waals surface area contributed by atoms with E-state index in [-0.39, 0.29) is 23.8 Å². The fraction of sp³-hybridized carbons (Fsp3) is 0.857. The van der Waals surface area contributed by atoms with E-state index in [2.05, 4.69) is 22.5 Å². The third-order valence-electron chi connectivity index (χ3n) is 5.06. The molecular weight excluding hydrogens is 242 g/mol. The summed E-state index contributed by atoms with van der Waals surface area (Å²) in [4.78, 5) is 26.5. The monoisotopic (exact) mass is 265 g/mol. The molecule has 106 valence electrons. The Morgan fingerprint density at radius 2 is 1.84 bits per heavy atom. The molecule has 1 aliphatic carbocycles. The number of rotatable bonds is 2. The van der Waals surface area contributed by atoms with Crippen LogP contribution in [0, 0.1) is 11.8 Å². The normalized spacial score (nSPS) is 39.0. The highest BCUT2D eigenvalue weighted by atomic mass is 16.2. The zero-order valence-electron chi connectivity index (χ0n) is 11.6. The predicted octanol–water partition coefficient (Wildman–Crippen LogP) is 1.10. The van der Waals surface area contributed by atoms with Gasteiger partial charge in [-0.15, -0.1) is 0 Å². The van der Waals surface area contributed by atoms with Crippen molar-refractivity contribution in [1.29, 1.82) is 0 Å². The van der Waals surface area contributed by atoms with E-state index in [1.54, 1.807) is 0 Å². The van der Waals surface area contributed by atoms with Gasteiger partial charge in [0.15, 0.2) is 0 Å².